The number of ether oxygens (including phenoxy) is 3. The summed E-state index contributed by atoms with van der Waals surface area (Å²) < 4.78 is 38.9. The van der Waals surface area contributed by atoms with E-state index in [-0.39, 0.29) is 18.3 Å². The molecule has 6 nitrogen and oxygen atoms in total. The standard InChI is InChI=1S/C18H23F2NO5/c1-5-10-24-12(4)17(23)26-15(11(2)3)16(22)21-13-6-8-14(9-7-13)25-18(19)20/h5-9,11-12,15,18H,1,10H2,2-4H3,(H,21,22). The van der Waals surface area contributed by atoms with E-state index >= 15 is 0 Å². The van der Waals surface area contributed by atoms with E-state index in [0.717, 1.165) is 0 Å². The van der Waals surface area contributed by atoms with Gasteiger partial charge in [0.2, 0.25) is 0 Å². The number of nitrogens with one attached hydrogen (secondary N) is 1. The number of carbonyl (C=O) groups is 2. The zero-order valence-corrected chi connectivity index (χ0v) is 14.9. The normalized spacial score (nSPS) is 13.2. The van der Waals surface area contributed by atoms with Gasteiger partial charge in [0.15, 0.2) is 12.2 Å². The predicted octanol–water partition coefficient (Wildman–Crippen LogP) is 3.39. The van der Waals surface area contributed by atoms with Crippen LogP contribution in [0.15, 0.2) is 36.9 Å². The van der Waals surface area contributed by atoms with E-state index in [1.165, 1.54) is 37.3 Å². The van der Waals surface area contributed by atoms with Gasteiger partial charge in [0.1, 0.15) is 5.75 Å². The molecule has 0 bridgehead atoms. The quantitative estimate of drug-likeness (QED) is 0.504. The minimum absolute atomic E-state index is 0.0296. The molecule has 2 atom stereocenters. The van der Waals surface area contributed by atoms with Crippen molar-refractivity contribution in [2.75, 3.05) is 11.9 Å². The monoisotopic (exact) mass is 371 g/mol. The number of hydrogen-bond donors (Lipinski definition) is 1. The summed E-state index contributed by atoms with van der Waals surface area (Å²) in [6.45, 7) is 5.72. The van der Waals surface area contributed by atoms with Crippen LogP contribution in [0.3, 0.4) is 0 Å². The molecule has 0 spiro atoms. The van der Waals surface area contributed by atoms with E-state index in [0.29, 0.717) is 5.69 Å². The van der Waals surface area contributed by atoms with Gasteiger partial charge in [0, 0.05) is 5.69 Å². The predicted molar refractivity (Wildman–Crippen MR) is 92.0 cm³/mol. The second kappa shape index (κ2) is 10.5. The molecule has 0 aliphatic rings. The largest absolute Gasteiger partial charge is 0.450 e. The Bertz CT molecular complexity index is 604. The Morgan fingerprint density at radius 1 is 1.19 bits per heavy atom. The second-order valence-electron chi connectivity index (χ2n) is 5.76. The molecule has 0 aliphatic heterocycles. The van der Waals surface area contributed by atoms with Gasteiger partial charge in [-0.05, 0) is 37.1 Å². The Morgan fingerprint density at radius 3 is 2.31 bits per heavy atom. The minimum Gasteiger partial charge on any atom is -0.450 e. The van der Waals surface area contributed by atoms with Gasteiger partial charge in [-0.1, -0.05) is 19.9 Å². The van der Waals surface area contributed by atoms with Crippen LogP contribution in [0.25, 0.3) is 0 Å². The van der Waals surface area contributed by atoms with Crippen molar-refractivity contribution in [1.29, 1.82) is 0 Å². The van der Waals surface area contributed by atoms with Crippen LogP contribution >= 0.6 is 0 Å². The first-order valence-corrected chi connectivity index (χ1v) is 8.03. The lowest BCUT2D eigenvalue weighted by atomic mass is 10.1. The van der Waals surface area contributed by atoms with Crippen molar-refractivity contribution in [2.24, 2.45) is 5.92 Å². The number of halogens is 2. The Balaban J connectivity index is 2.70. The fraction of sp³-hybridized carbons (Fsp3) is 0.444. The highest BCUT2D eigenvalue weighted by Gasteiger charge is 2.29. The lowest BCUT2D eigenvalue weighted by Gasteiger charge is -2.22. The maximum absolute atomic E-state index is 12.4. The first kappa shape index (κ1) is 21.6. The van der Waals surface area contributed by atoms with Crippen LogP contribution < -0.4 is 10.1 Å². The average Bonchev–Trinajstić information content (AvgIpc) is 2.58. The number of anilines is 1. The first-order valence-electron chi connectivity index (χ1n) is 8.03. The van der Waals surface area contributed by atoms with Crippen molar-refractivity contribution < 1.29 is 32.6 Å². The topological polar surface area (TPSA) is 73.9 Å². The molecule has 1 aromatic rings. The Labute approximate surface area is 151 Å². The average molecular weight is 371 g/mol. The third-order valence-electron chi connectivity index (χ3n) is 3.25. The van der Waals surface area contributed by atoms with Crippen molar-refractivity contribution in [3.63, 3.8) is 0 Å². The molecule has 1 N–H and O–H groups in total. The molecule has 144 valence electrons. The molecule has 1 aromatic carbocycles. The van der Waals surface area contributed by atoms with Gasteiger partial charge in [0.05, 0.1) is 6.61 Å². The van der Waals surface area contributed by atoms with Crippen molar-refractivity contribution in [3.05, 3.63) is 36.9 Å². The molecular weight excluding hydrogens is 348 g/mol. The molecule has 0 saturated carbocycles. The van der Waals surface area contributed by atoms with Crippen LogP contribution in [0.1, 0.15) is 20.8 Å². The SMILES string of the molecule is C=CCOC(C)C(=O)OC(C(=O)Nc1ccc(OC(F)F)cc1)C(C)C. The summed E-state index contributed by atoms with van der Waals surface area (Å²) in [4.78, 5) is 24.4. The van der Waals surface area contributed by atoms with Gasteiger partial charge in [-0.25, -0.2) is 4.79 Å². The summed E-state index contributed by atoms with van der Waals surface area (Å²) in [5, 5.41) is 2.58. The van der Waals surface area contributed by atoms with E-state index < -0.39 is 30.7 Å². The van der Waals surface area contributed by atoms with Gasteiger partial charge in [-0.3, -0.25) is 4.79 Å². The van der Waals surface area contributed by atoms with Gasteiger partial charge < -0.3 is 19.5 Å². The van der Waals surface area contributed by atoms with Gasteiger partial charge in [0.25, 0.3) is 5.91 Å². The third kappa shape index (κ3) is 7.18. The molecule has 2 unspecified atom stereocenters. The van der Waals surface area contributed by atoms with E-state index in [2.05, 4.69) is 16.6 Å². The van der Waals surface area contributed by atoms with Crippen LogP contribution in [-0.2, 0) is 19.1 Å². The molecule has 0 aromatic heterocycles. The Kier molecular flexibility index (Phi) is 8.71. The van der Waals surface area contributed by atoms with Crippen LogP contribution in [0.4, 0.5) is 14.5 Å². The summed E-state index contributed by atoms with van der Waals surface area (Å²) in [6, 6.07) is 5.40. The highest BCUT2D eigenvalue weighted by molar-refractivity contribution is 5.95. The molecule has 0 saturated heterocycles. The maximum Gasteiger partial charge on any atom is 0.387 e. The summed E-state index contributed by atoms with van der Waals surface area (Å²) in [7, 11) is 0. The van der Waals surface area contributed by atoms with E-state index in [1.807, 2.05) is 0 Å². The maximum atomic E-state index is 12.4. The highest BCUT2D eigenvalue weighted by atomic mass is 19.3. The molecule has 1 amide bonds. The zero-order chi connectivity index (χ0) is 19.7. The Morgan fingerprint density at radius 2 is 1.81 bits per heavy atom. The summed E-state index contributed by atoms with van der Waals surface area (Å²) in [6.07, 6.45) is -0.375. The lowest BCUT2D eigenvalue weighted by Crippen LogP contribution is -2.39. The van der Waals surface area contributed by atoms with Crippen molar-refractivity contribution in [1.82, 2.24) is 0 Å². The second-order valence-corrected chi connectivity index (χ2v) is 5.76. The van der Waals surface area contributed by atoms with Crippen LogP contribution in [0, 0.1) is 5.92 Å². The van der Waals surface area contributed by atoms with Gasteiger partial charge >= 0.3 is 12.6 Å². The molecule has 0 radical (unpaired) electrons. The van der Waals surface area contributed by atoms with Crippen LogP contribution in [0.2, 0.25) is 0 Å². The number of alkyl halides is 2. The highest BCUT2D eigenvalue weighted by Crippen LogP contribution is 2.19. The number of carbonyl (C=O) groups excluding carboxylic acids is 2. The molecule has 1 rings (SSSR count). The number of rotatable bonds is 10. The fourth-order valence-corrected chi connectivity index (χ4v) is 1.93. The van der Waals surface area contributed by atoms with Crippen LogP contribution in [0.5, 0.6) is 5.75 Å². The summed E-state index contributed by atoms with van der Waals surface area (Å²) >= 11 is 0. The van der Waals surface area contributed by atoms with Crippen molar-refractivity contribution >= 4 is 17.6 Å². The summed E-state index contributed by atoms with van der Waals surface area (Å²) in [5.74, 6) is -1.52. The first-order chi connectivity index (χ1) is 12.2. The van der Waals surface area contributed by atoms with Crippen molar-refractivity contribution in [2.45, 2.75) is 39.6 Å². The molecule has 26 heavy (non-hydrogen) atoms. The van der Waals surface area contributed by atoms with Crippen LogP contribution in [-0.4, -0.2) is 37.3 Å². The lowest BCUT2D eigenvalue weighted by molar-refractivity contribution is -0.166. The molecule has 0 aliphatic carbocycles. The minimum atomic E-state index is -2.93. The molecule has 8 heteroatoms. The number of benzene rings is 1. The van der Waals surface area contributed by atoms with Gasteiger partial charge in [-0.2, -0.15) is 8.78 Å². The molecule has 0 heterocycles. The Hall–Kier alpha value is -2.48. The smallest absolute Gasteiger partial charge is 0.387 e. The van der Waals surface area contributed by atoms with Crippen molar-refractivity contribution in [3.8, 4) is 5.75 Å². The van der Waals surface area contributed by atoms with E-state index in [4.69, 9.17) is 9.47 Å². The zero-order valence-electron chi connectivity index (χ0n) is 14.9. The van der Waals surface area contributed by atoms with E-state index in [9.17, 15) is 18.4 Å². The number of esters is 1. The molecular formula is C18H23F2NO5. The number of amides is 1. The summed E-state index contributed by atoms with van der Waals surface area (Å²) in [5.41, 5.74) is 0.356. The molecule has 0 fully saturated rings. The third-order valence-corrected chi connectivity index (χ3v) is 3.25. The number of hydrogen-bond acceptors (Lipinski definition) is 5. The van der Waals surface area contributed by atoms with E-state index in [1.54, 1.807) is 13.8 Å². The fourth-order valence-electron chi connectivity index (χ4n) is 1.93. The van der Waals surface area contributed by atoms with Gasteiger partial charge in [-0.15, -0.1) is 6.58 Å².